The first-order valence-corrected chi connectivity index (χ1v) is 9.72. The van der Waals surface area contributed by atoms with E-state index in [1.54, 1.807) is 18.3 Å². The third-order valence-electron chi connectivity index (χ3n) is 4.58. The van der Waals surface area contributed by atoms with Gasteiger partial charge in [-0.1, -0.05) is 47.6 Å². The summed E-state index contributed by atoms with van der Waals surface area (Å²) < 4.78 is 0. The molecule has 0 unspecified atom stereocenters. The van der Waals surface area contributed by atoms with E-state index in [-0.39, 0.29) is 16.7 Å². The Morgan fingerprint density at radius 3 is 2.18 bits per heavy atom. The molecule has 2 aromatic rings. The molecule has 2 N–H and O–H groups in total. The van der Waals surface area contributed by atoms with Gasteiger partial charge in [0.05, 0.1) is 0 Å². The number of nitrogens with zero attached hydrogens (tertiary/aromatic N) is 1. The third kappa shape index (κ3) is 5.95. The van der Waals surface area contributed by atoms with Gasteiger partial charge in [0, 0.05) is 42.1 Å². The average molecular weight is 381 g/mol. The van der Waals surface area contributed by atoms with Crippen LogP contribution in [0.5, 0.6) is 5.75 Å². The van der Waals surface area contributed by atoms with Gasteiger partial charge in [-0.15, -0.1) is 0 Å². The van der Waals surface area contributed by atoms with E-state index in [2.05, 4.69) is 51.8 Å². The molecule has 4 nitrogen and oxygen atoms in total. The molecule has 1 heterocycles. The van der Waals surface area contributed by atoms with Gasteiger partial charge in [-0.05, 0) is 46.7 Å². The Bertz CT molecular complexity index is 806. The van der Waals surface area contributed by atoms with E-state index in [4.69, 9.17) is 0 Å². The highest BCUT2D eigenvalue weighted by Crippen LogP contribution is 2.39. The summed E-state index contributed by atoms with van der Waals surface area (Å²) in [5.74, 6) is 0.204. The second-order valence-electron chi connectivity index (χ2n) is 9.16. The number of benzene rings is 1. The number of carbonyl (C=O) groups is 1. The van der Waals surface area contributed by atoms with Gasteiger partial charge in [0.25, 0.3) is 0 Å². The first-order chi connectivity index (χ1) is 13.0. The summed E-state index contributed by atoms with van der Waals surface area (Å²) in [6, 6.07) is 9.68. The zero-order valence-electron chi connectivity index (χ0n) is 17.8. The molecule has 2 rings (SSSR count). The summed E-state index contributed by atoms with van der Waals surface area (Å²) in [6.45, 7) is 13.0. The molecule has 0 aliphatic carbocycles. The van der Waals surface area contributed by atoms with E-state index >= 15 is 0 Å². The summed E-state index contributed by atoms with van der Waals surface area (Å²) in [7, 11) is 0. The number of hydrogen-bond acceptors (Lipinski definition) is 3. The molecule has 150 valence electrons. The van der Waals surface area contributed by atoms with E-state index in [0.29, 0.717) is 18.7 Å². The lowest BCUT2D eigenvalue weighted by Gasteiger charge is -2.27. The van der Waals surface area contributed by atoms with Crippen molar-refractivity contribution in [3.63, 3.8) is 0 Å². The highest BCUT2D eigenvalue weighted by molar-refractivity contribution is 5.91. The van der Waals surface area contributed by atoms with Crippen molar-refractivity contribution in [3.05, 3.63) is 65.0 Å². The van der Waals surface area contributed by atoms with Gasteiger partial charge in [-0.3, -0.25) is 9.78 Å². The van der Waals surface area contributed by atoms with Gasteiger partial charge in [-0.25, -0.2) is 0 Å². The lowest BCUT2D eigenvalue weighted by molar-refractivity contribution is -0.116. The van der Waals surface area contributed by atoms with Crippen LogP contribution < -0.4 is 5.32 Å². The molecule has 1 aromatic carbocycles. The number of amides is 1. The molecule has 1 amide bonds. The van der Waals surface area contributed by atoms with Crippen molar-refractivity contribution >= 4 is 12.0 Å². The minimum Gasteiger partial charge on any atom is -0.507 e. The Hall–Kier alpha value is -2.62. The van der Waals surface area contributed by atoms with Gasteiger partial charge in [0.2, 0.25) is 5.91 Å². The van der Waals surface area contributed by atoms with E-state index < -0.39 is 0 Å². The van der Waals surface area contributed by atoms with Crippen LogP contribution >= 0.6 is 0 Å². The number of rotatable bonds is 5. The SMILES string of the molecule is CC(C)(C)c1cc(/C=C/C(=O)NCCc2ccccn2)cc(C(C)(C)C)c1O. The monoisotopic (exact) mass is 380 g/mol. The predicted molar refractivity (Wildman–Crippen MR) is 115 cm³/mol. The van der Waals surface area contributed by atoms with Crippen molar-refractivity contribution in [1.82, 2.24) is 10.3 Å². The lowest BCUT2D eigenvalue weighted by atomic mass is 9.78. The van der Waals surface area contributed by atoms with Crippen molar-refractivity contribution < 1.29 is 9.90 Å². The standard InChI is InChI=1S/C24H32N2O2/c1-23(2,3)19-15-17(16-20(22(19)28)24(4,5)6)10-11-21(27)26-14-12-18-9-7-8-13-25-18/h7-11,13,15-16,28H,12,14H2,1-6H3,(H,26,27)/b11-10+. The van der Waals surface area contributed by atoms with Crippen LogP contribution in [-0.4, -0.2) is 22.5 Å². The molecule has 0 aliphatic heterocycles. The summed E-state index contributed by atoms with van der Waals surface area (Å²) in [4.78, 5) is 16.4. The van der Waals surface area contributed by atoms with Crippen LogP contribution in [0.15, 0.2) is 42.6 Å². The average Bonchev–Trinajstić information content (AvgIpc) is 2.59. The Labute approximate surface area is 168 Å². The molecule has 0 atom stereocenters. The molecule has 0 spiro atoms. The minimum absolute atomic E-state index is 0.140. The van der Waals surface area contributed by atoms with E-state index in [9.17, 15) is 9.90 Å². The molecule has 28 heavy (non-hydrogen) atoms. The lowest BCUT2D eigenvalue weighted by Crippen LogP contribution is -2.23. The number of pyridine rings is 1. The van der Waals surface area contributed by atoms with Crippen LogP contribution in [0.25, 0.3) is 6.08 Å². The van der Waals surface area contributed by atoms with Gasteiger partial charge >= 0.3 is 0 Å². The minimum atomic E-state index is -0.196. The second kappa shape index (κ2) is 8.59. The molecular weight excluding hydrogens is 348 g/mol. The first kappa shape index (κ1) is 21.7. The van der Waals surface area contributed by atoms with E-state index in [1.165, 1.54) is 0 Å². The number of aromatic nitrogens is 1. The molecule has 0 radical (unpaired) electrons. The zero-order chi connectivity index (χ0) is 20.9. The van der Waals surface area contributed by atoms with Gasteiger partial charge in [-0.2, -0.15) is 0 Å². The van der Waals surface area contributed by atoms with Crippen molar-refractivity contribution in [1.29, 1.82) is 0 Å². The van der Waals surface area contributed by atoms with Crippen LogP contribution in [0.2, 0.25) is 0 Å². The van der Waals surface area contributed by atoms with Gasteiger partial charge in [0.15, 0.2) is 0 Å². The number of nitrogens with one attached hydrogen (secondary N) is 1. The molecule has 4 heteroatoms. The van der Waals surface area contributed by atoms with Gasteiger partial charge in [0.1, 0.15) is 5.75 Å². The number of aromatic hydroxyl groups is 1. The Balaban J connectivity index is 2.14. The zero-order valence-corrected chi connectivity index (χ0v) is 17.8. The molecule has 1 aromatic heterocycles. The Morgan fingerprint density at radius 2 is 1.68 bits per heavy atom. The van der Waals surface area contributed by atoms with Crippen molar-refractivity contribution in [3.8, 4) is 5.75 Å². The van der Waals surface area contributed by atoms with Crippen LogP contribution in [-0.2, 0) is 22.0 Å². The fourth-order valence-electron chi connectivity index (χ4n) is 2.99. The van der Waals surface area contributed by atoms with Crippen molar-refractivity contribution in [2.24, 2.45) is 0 Å². The summed E-state index contributed by atoms with van der Waals surface area (Å²) in [5.41, 5.74) is 3.24. The maximum atomic E-state index is 12.2. The number of hydrogen-bond donors (Lipinski definition) is 2. The molecule has 0 aliphatic rings. The molecule has 0 fully saturated rings. The topological polar surface area (TPSA) is 62.2 Å². The summed E-state index contributed by atoms with van der Waals surface area (Å²) in [5, 5.41) is 13.7. The Morgan fingerprint density at radius 1 is 1.07 bits per heavy atom. The smallest absolute Gasteiger partial charge is 0.244 e. The van der Waals surface area contributed by atoms with Crippen LogP contribution in [0, 0.1) is 0 Å². The number of carbonyl (C=O) groups excluding carboxylic acids is 1. The molecule has 0 saturated carbocycles. The van der Waals surface area contributed by atoms with E-state index in [1.807, 2.05) is 30.3 Å². The Kier molecular flexibility index (Phi) is 6.65. The maximum absolute atomic E-state index is 12.2. The van der Waals surface area contributed by atoms with Crippen LogP contribution in [0.3, 0.4) is 0 Å². The largest absolute Gasteiger partial charge is 0.507 e. The second-order valence-corrected chi connectivity index (χ2v) is 9.16. The first-order valence-electron chi connectivity index (χ1n) is 9.72. The van der Waals surface area contributed by atoms with Gasteiger partial charge < -0.3 is 10.4 Å². The molecular formula is C24H32N2O2. The van der Waals surface area contributed by atoms with E-state index in [0.717, 1.165) is 22.4 Å². The van der Waals surface area contributed by atoms with Crippen LogP contribution in [0.4, 0.5) is 0 Å². The van der Waals surface area contributed by atoms with Crippen molar-refractivity contribution in [2.45, 2.75) is 58.8 Å². The number of phenolic OH excluding ortho intramolecular Hbond substituents is 1. The predicted octanol–water partition coefficient (Wildman–Crippen LogP) is 4.75. The normalized spacial score (nSPS) is 12.4. The highest BCUT2D eigenvalue weighted by atomic mass is 16.3. The summed E-state index contributed by atoms with van der Waals surface area (Å²) in [6.07, 6.45) is 5.80. The maximum Gasteiger partial charge on any atom is 0.244 e. The fourth-order valence-corrected chi connectivity index (χ4v) is 2.99. The molecule has 0 saturated heterocycles. The molecule has 0 bridgehead atoms. The third-order valence-corrected chi connectivity index (χ3v) is 4.58. The summed E-state index contributed by atoms with van der Waals surface area (Å²) >= 11 is 0. The quantitative estimate of drug-likeness (QED) is 0.736. The highest BCUT2D eigenvalue weighted by Gasteiger charge is 2.26. The number of phenols is 1. The van der Waals surface area contributed by atoms with Crippen molar-refractivity contribution in [2.75, 3.05) is 6.54 Å². The van der Waals surface area contributed by atoms with Crippen LogP contribution in [0.1, 0.15) is 63.9 Å². The fraction of sp³-hybridized carbons (Fsp3) is 0.417.